The van der Waals surface area contributed by atoms with Gasteiger partial charge in [-0.25, -0.2) is 0 Å². The molecule has 0 aliphatic carbocycles. The smallest absolute Gasteiger partial charge is 0.253 e. The molecule has 2 amide bonds. The molecule has 5 heteroatoms. The molecule has 1 aromatic carbocycles. The molecule has 2 aliphatic rings. The Balaban J connectivity index is 1.69. The lowest BCUT2D eigenvalue weighted by molar-refractivity contribution is -0.119. The van der Waals surface area contributed by atoms with E-state index in [2.05, 4.69) is 0 Å². The third-order valence-electron chi connectivity index (χ3n) is 4.81. The van der Waals surface area contributed by atoms with E-state index in [9.17, 15) is 14.7 Å². The van der Waals surface area contributed by atoms with Gasteiger partial charge in [-0.1, -0.05) is 0 Å². The summed E-state index contributed by atoms with van der Waals surface area (Å²) in [6.07, 6.45) is 4.53. The van der Waals surface area contributed by atoms with Crippen molar-refractivity contribution in [3.63, 3.8) is 0 Å². The SMILES string of the molecule is O=C(c1ccc(N2CCCCC2=O)cc1)N1CCCC(CO)C1. The van der Waals surface area contributed by atoms with Crippen LogP contribution in [0.25, 0.3) is 0 Å². The first kappa shape index (κ1) is 16.0. The van der Waals surface area contributed by atoms with Gasteiger partial charge in [-0.3, -0.25) is 9.59 Å². The summed E-state index contributed by atoms with van der Waals surface area (Å²) >= 11 is 0. The highest BCUT2D eigenvalue weighted by Gasteiger charge is 2.24. The maximum atomic E-state index is 12.6. The van der Waals surface area contributed by atoms with E-state index in [1.54, 1.807) is 4.90 Å². The lowest BCUT2D eigenvalue weighted by atomic mass is 9.98. The second-order valence-electron chi connectivity index (χ2n) is 6.49. The van der Waals surface area contributed by atoms with E-state index in [4.69, 9.17) is 0 Å². The molecule has 0 spiro atoms. The number of anilines is 1. The Bertz CT molecular complexity index is 570. The Hall–Kier alpha value is -1.88. The van der Waals surface area contributed by atoms with Crippen LogP contribution >= 0.6 is 0 Å². The van der Waals surface area contributed by atoms with Crippen LogP contribution in [-0.4, -0.2) is 48.1 Å². The van der Waals surface area contributed by atoms with E-state index >= 15 is 0 Å². The number of nitrogens with zero attached hydrogens (tertiary/aromatic N) is 2. The molecule has 1 N–H and O–H groups in total. The molecule has 0 aromatic heterocycles. The van der Waals surface area contributed by atoms with E-state index in [1.165, 1.54) is 0 Å². The lowest BCUT2D eigenvalue weighted by Gasteiger charge is -2.32. The second kappa shape index (κ2) is 7.13. The summed E-state index contributed by atoms with van der Waals surface area (Å²) in [5.74, 6) is 0.370. The third-order valence-corrected chi connectivity index (χ3v) is 4.81. The number of likely N-dealkylation sites (tertiary alicyclic amines) is 1. The van der Waals surface area contributed by atoms with Crippen LogP contribution in [0.4, 0.5) is 5.69 Å². The lowest BCUT2D eigenvalue weighted by Crippen LogP contribution is -2.41. The topological polar surface area (TPSA) is 60.9 Å². The van der Waals surface area contributed by atoms with Gasteiger partial charge >= 0.3 is 0 Å². The molecule has 0 saturated carbocycles. The summed E-state index contributed by atoms with van der Waals surface area (Å²) in [6, 6.07) is 7.35. The first-order chi connectivity index (χ1) is 11.2. The summed E-state index contributed by atoms with van der Waals surface area (Å²) in [5.41, 5.74) is 1.52. The number of hydrogen-bond acceptors (Lipinski definition) is 3. The van der Waals surface area contributed by atoms with Crippen molar-refractivity contribution in [2.45, 2.75) is 32.1 Å². The number of aliphatic hydroxyl groups is 1. The van der Waals surface area contributed by atoms with Gasteiger partial charge in [-0.2, -0.15) is 0 Å². The Morgan fingerprint density at radius 3 is 2.61 bits per heavy atom. The Morgan fingerprint density at radius 1 is 1.13 bits per heavy atom. The van der Waals surface area contributed by atoms with Gasteiger partial charge in [0.1, 0.15) is 0 Å². The Kier molecular flexibility index (Phi) is 4.96. The summed E-state index contributed by atoms with van der Waals surface area (Å²) in [7, 11) is 0. The fourth-order valence-electron chi connectivity index (χ4n) is 3.44. The van der Waals surface area contributed by atoms with E-state index in [0.717, 1.165) is 44.5 Å². The highest BCUT2D eigenvalue weighted by atomic mass is 16.3. The standard InChI is InChI=1S/C18H24N2O3/c21-13-14-4-3-10-19(12-14)18(23)15-6-8-16(9-7-15)20-11-2-1-5-17(20)22/h6-9,14,21H,1-5,10-13H2. The number of amides is 2. The molecule has 2 aliphatic heterocycles. The largest absolute Gasteiger partial charge is 0.396 e. The van der Waals surface area contributed by atoms with Crippen molar-refractivity contribution in [1.29, 1.82) is 0 Å². The molecule has 0 bridgehead atoms. The van der Waals surface area contributed by atoms with E-state index < -0.39 is 0 Å². The average molecular weight is 316 g/mol. The van der Waals surface area contributed by atoms with Gasteiger partial charge in [0.05, 0.1) is 0 Å². The number of carbonyl (C=O) groups is 2. The molecule has 1 atom stereocenters. The molecular formula is C18H24N2O3. The minimum absolute atomic E-state index is 0.0136. The van der Waals surface area contributed by atoms with Crippen molar-refractivity contribution >= 4 is 17.5 Å². The quantitative estimate of drug-likeness (QED) is 0.928. The molecule has 0 radical (unpaired) electrons. The van der Waals surface area contributed by atoms with Crippen LogP contribution in [0, 0.1) is 5.92 Å². The minimum Gasteiger partial charge on any atom is -0.396 e. The van der Waals surface area contributed by atoms with Crippen LogP contribution < -0.4 is 4.90 Å². The van der Waals surface area contributed by atoms with Crippen molar-refractivity contribution in [1.82, 2.24) is 4.90 Å². The number of aliphatic hydroxyl groups excluding tert-OH is 1. The summed E-state index contributed by atoms with van der Waals surface area (Å²) in [6.45, 7) is 2.28. The Labute approximate surface area is 136 Å². The third kappa shape index (κ3) is 3.55. The van der Waals surface area contributed by atoms with Gasteiger partial charge in [-0.05, 0) is 55.9 Å². The zero-order chi connectivity index (χ0) is 16.2. The highest BCUT2D eigenvalue weighted by Crippen LogP contribution is 2.23. The molecule has 5 nitrogen and oxygen atoms in total. The van der Waals surface area contributed by atoms with Gasteiger partial charge in [0.15, 0.2) is 0 Å². The van der Waals surface area contributed by atoms with Crippen molar-refractivity contribution in [2.75, 3.05) is 31.1 Å². The number of rotatable bonds is 3. The number of carbonyl (C=O) groups excluding carboxylic acids is 2. The number of benzene rings is 1. The highest BCUT2D eigenvalue weighted by molar-refractivity contribution is 5.97. The van der Waals surface area contributed by atoms with Gasteiger partial charge in [0.2, 0.25) is 5.91 Å². The molecule has 3 rings (SSSR count). The van der Waals surface area contributed by atoms with Gasteiger partial charge in [-0.15, -0.1) is 0 Å². The van der Waals surface area contributed by atoms with Crippen LogP contribution in [-0.2, 0) is 4.79 Å². The molecule has 2 saturated heterocycles. The molecule has 23 heavy (non-hydrogen) atoms. The van der Waals surface area contributed by atoms with E-state index in [0.29, 0.717) is 18.5 Å². The summed E-state index contributed by atoms with van der Waals surface area (Å²) in [5, 5.41) is 9.29. The number of piperidine rings is 2. The summed E-state index contributed by atoms with van der Waals surface area (Å²) < 4.78 is 0. The zero-order valence-corrected chi connectivity index (χ0v) is 13.4. The molecule has 2 heterocycles. The normalized spacial score (nSPS) is 22.3. The van der Waals surface area contributed by atoms with Crippen LogP contribution in [0.15, 0.2) is 24.3 Å². The van der Waals surface area contributed by atoms with Crippen LogP contribution in [0.2, 0.25) is 0 Å². The van der Waals surface area contributed by atoms with Crippen molar-refractivity contribution in [3.8, 4) is 0 Å². The minimum atomic E-state index is 0.0136. The predicted octanol–water partition coefficient (Wildman–Crippen LogP) is 2.05. The first-order valence-electron chi connectivity index (χ1n) is 8.49. The van der Waals surface area contributed by atoms with Gasteiger partial charge < -0.3 is 14.9 Å². The van der Waals surface area contributed by atoms with E-state index in [1.807, 2.05) is 29.2 Å². The molecule has 124 valence electrons. The predicted molar refractivity (Wildman–Crippen MR) is 88.4 cm³/mol. The van der Waals surface area contributed by atoms with E-state index in [-0.39, 0.29) is 24.3 Å². The van der Waals surface area contributed by atoms with Gasteiger partial charge in [0, 0.05) is 43.9 Å². The molecule has 1 unspecified atom stereocenters. The van der Waals surface area contributed by atoms with Crippen LogP contribution in [0.1, 0.15) is 42.5 Å². The second-order valence-corrected chi connectivity index (χ2v) is 6.49. The van der Waals surface area contributed by atoms with Gasteiger partial charge in [0.25, 0.3) is 5.91 Å². The van der Waals surface area contributed by atoms with Crippen molar-refractivity contribution in [2.24, 2.45) is 5.92 Å². The van der Waals surface area contributed by atoms with Crippen LogP contribution in [0.5, 0.6) is 0 Å². The van der Waals surface area contributed by atoms with Crippen molar-refractivity contribution < 1.29 is 14.7 Å². The molecular weight excluding hydrogens is 292 g/mol. The zero-order valence-electron chi connectivity index (χ0n) is 13.4. The number of hydrogen-bond donors (Lipinski definition) is 1. The Morgan fingerprint density at radius 2 is 1.91 bits per heavy atom. The maximum absolute atomic E-state index is 12.6. The van der Waals surface area contributed by atoms with Crippen molar-refractivity contribution in [3.05, 3.63) is 29.8 Å². The summed E-state index contributed by atoms with van der Waals surface area (Å²) in [4.78, 5) is 28.2. The molecule has 2 fully saturated rings. The monoisotopic (exact) mass is 316 g/mol. The van der Waals surface area contributed by atoms with Crippen LogP contribution in [0.3, 0.4) is 0 Å². The fraction of sp³-hybridized carbons (Fsp3) is 0.556. The molecule has 1 aromatic rings. The fourth-order valence-corrected chi connectivity index (χ4v) is 3.44. The first-order valence-corrected chi connectivity index (χ1v) is 8.49. The average Bonchev–Trinajstić information content (AvgIpc) is 2.62. The maximum Gasteiger partial charge on any atom is 0.253 e.